The number of aromatic nitrogens is 2. The molecule has 0 aliphatic heterocycles. The van der Waals surface area contributed by atoms with Crippen molar-refractivity contribution in [2.45, 2.75) is 33.3 Å². The van der Waals surface area contributed by atoms with Crippen molar-refractivity contribution < 1.29 is 14.3 Å². The highest BCUT2D eigenvalue weighted by molar-refractivity contribution is 5.88. The summed E-state index contributed by atoms with van der Waals surface area (Å²) in [5.41, 5.74) is 0.410. The maximum Gasteiger partial charge on any atom is 0.359 e. The Labute approximate surface area is 135 Å². The lowest BCUT2D eigenvalue weighted by Crippen LogP contribution is -2.24. The van der Waals surface area contributed by atoms with E-state index < -0.39 is 11.6 Å². The van der Waals surface area contributed by atoms with Crippen LogP contribution in [0, 0.1) is 11.3 Å². The molecule has 120 valence electrons. The van der Waals surface area contributed by atoms with E-state index in [-0.39, 0.29) is 11.4 Å². The number of ether oxygens (including phenoxy) is 2. The van der Waals surface area contributed by atoms with Crippen LogP contribution in [0.2, 0.25) is 0 Å². The van der Waals surface area contributed by atoms with Gasteiger partial charge in [0.1, 0.15) is 23.1 Å². The van der Waals surface area contributed by atoms with Crippen LogP contribution in [0.5, 0.6) is 5.75 Å². The van der Waals surface area contributed by atoms with Gasteiger partial charge in [-0.2, -0.15) is 10.4 Å². The number of nitriles is 1. The van der Waals surface area contributed by atoms with Gasteiger partial charge in [-0.25, -0.2) is 9.48 Å². The fourth-order valence-corrected chi connectivity index (χ4v) is 1.94. The average Bonchev–Trinajstić information content (AvgIpc) is 2.91. The summed E-state index contributed by atoms with van der Waals surface area (Å²) in [6.07, 6.45) is 0. The fourth-order valence-electron chi connectivity index (χ4n) is 1.94. The smallest absolute Gasteiger partial charge is 0.359 e. The molecular formula is C17H19N3O3. The molecule has 6 heteroatoms. The Morgan fingerprint density at radius 3 is 2.48 bits per heavy atom. The van der Waals surface area contributed by atoms with Crippen LogP contribution in [0.1, 0.15) is 43.9 Å². The van der Waals surface area contributed by atoms with E-state index >= 15 is 0 Å². The van der Waals surface area contributed by atoms with Gasteiger partial charge in [-0.1, -0.05) is 0 Å². The minimum Gasteiger partial charge on any atom is -0.494 e. The molecule has 0 saturated carbocycles. The van der Waals surface area contributed by atoms with E-state index in [9.17, 15) is 10.1 Å². The minimum absolute atomic E-state index is 0.102. The number of carbonyl (C=O) groups excluding carboxylic acids is 1. The molecule has 1 aromatic heterocycles. The Hall–Kier alpha value is -2.81. The predicted octanol–water partition coefficient (Wildman–Crippen LogP) is 3.10. The van der Waals surface area contributed by atoms with Gasteiger partial charge in [-0.3, -0.25) is 0 Å². The van der Waals surface area contributed by atoms with Gasteiger partial charge < -0.3 is 9.47 Å². The van der Waals surface area contributed by atoms with Crippen molar-refractivity contribution in [1.82, 2.24) is 9.78 Å². The molecule has 0 amide bonds. The molecule has 0 fully saturated rings. The molecule has 23 heavy (non-hydrogen) atoms. The second kappa shape index (κ2) is 6.53. The predicted molar refractivity (Wildman–Crippen MR) is 84.6 cm³/mol. The van der Waals surface area contributed by atoms with Gasteiger partial charge in [0.15, 0.2) is 5.69 Å². The van der Waals surface area contributed by atoms with Crippen molar-refractivity contribution >= 4 is 5.97 Å². The molecule has 2 rings (SSSR count). The molecule has 1 aromatic carbocycles. The highest BCUT2D eigenvalue weighted by atomic mass is 16.6. The highest BCUT2D eigenvalue weighted by Gasteiger charge is 2.22. The summed E-state index contributed by atoms with van der Waals surface area (Å²) >= 11 is 0. The number of rotatable bonds is 4. The summed E-state index contributed by atoms with van der Waals surface area (Å²) < 4.78 is 12.1. The third-order valence-electron chi connectivity index (χ3n) is 2.82. The van der Waals surface area contributed by atoms with E-state index in [1.165, 1.54) is 10.7 Å². The van der Waals surface area contributed by atoms with E-state index in [1.807, 2.05) is 13.0 Å². The maximum absolute atomic E-state index is 12.1. The van der Waals surface area contributed by atoms with Crippen LogP contribution in [0.3, 0.4) is 0 Å². The number of hydrogen-bond donors (Lipinski definition) is 0. The molecule has 0 atom stereocenters. The van der Waals surface area contributed by atoms with E-state index in [2.05, 4.69) is 5.10 Å². The van der Waals surface area contributed by atoms with Crippen molar-refractivity contribution in [3.63, 3.8) is 0 Å². The molecule has 1 heterocycles. The number of carbonyl (C=O) groups is 1. The van der Waals surface area contributed by atoms with Crippen LogP contribution < -0.4 is 4.74 Å². The van der Waals surface area contributed by atoms with Gasteiger partial charge in [0.05, 0.1) is 12.3 Å². The van der Waals surface area contributed by atoms with E-state index in [4.69, 9.17) is 9.47 Å². The van der Waals surface area contributed by atoms with Gasteiger partial charge in [-0.15, -0.1) is 0 Å². The molecule has 0 aliphatic rings. The summed E-state index contributed by atoms with van der Waals surface area (Å²) in [5, 5.41) is 13.4. The molecule has 6 nitrogen and oxygen atoms in total. The Kier molecular flexibility index (Phi) is 4.70. The standard InChI is InChI=1S/C17H19N3O3/c1-5-22-14-8-6-12(7-9-14)20-13(11-18)10-15(19-20)16(21)23-17(2,3)4/h6-10H,5H2,1-4H3. The number of esters is 1. The average molecular weight is 313 g/mol. The molecule has 0 radical (unpaired) electrons. The van der Waals surface area contributed by atoms with Crippen LogP contribution >= 0.6 is 0 Å². The fraction of sp³-hybridized carbons (Fsp3) is 0.353. The lowest BCUT2D eigenvalue weighted by molar-refractivity contribution is 0.00623. The Bertz CT molecular complexity index is 734. The molecule has 0 unspecified atom stereocenters. The molecule has 0 N–H and O–H groups in total. The molecule has 0 bridgehead atoms. The minimum atomic E-state index is -0.618. The largest absolute Gasteiger partial charge is 0.494 e. The Morgan fingerprint density at radius 2 is 1.96 bits per heavy atom. The van der Waals surface area contributed by atoms with Gasteiger partial charge >= 0.3 is 5.97 Å². The summed E-state index contributed by atoms with van der Waals surface area (Å²) in [6.45, 7) is 7.81. The van der Waals surface area contributed by atoms with Crippen molar-refractivity contribution in [2.24, 2.45) is 0 Å². The van der Waals surface area contributed by atoms with Crippen molar-refractivity contribution in [3.05, 3.63) is 41.7 Å². The zero-order valence-corrected chi connectivity index (χ0v) is 13.7. The summed E-state index contributed by atoms with van der Waals surface area (Å²) in [6, 6.07) is 10.6. The van der Waals surface area contributed by atoms with E-state index in [0.717, 1.165) is 5.75 Å². The van der Waals surface area contributed by atoms with E-state index in [1.54, 1.807) is 45.0 Å². The monoisotopic (exact) mass is 313 g/mol. The van der Waals surface area contributed by atoms with Crippen molar-refractivity contribution in [1.29, 1.82) is 5.26 Å². The lowest BCUT2D eigenvalue weighted by atomic mass is 10.2. The first kappa shape index (κ1) is 16.6. The van der Waals surface area contributed by atoms with Crippen LogP contribution in [-0.2, 0) is 4.74 Å². The van der Waals surface area contributed by atoms with Gasteiger partial charge in [0, 0.05) is 6.07 Å². The topological polar surface area (TPSA) is 77.1 Å². The maximum atomic E-state index is 12.1. The Balaban J connectivity index is 2.32. The zero-order valence-electron chi connectivity index (χ0n) is 13.7. The van der Waals surface area contributed by atoms with E-state index in [0.29, 0.717) is 12.3 Å². The molecule has 2 aromatic rings. The molecule has 0 aliphatic carbocycles. The number of benzene rings is 1. The van der Waals surface area contributed by atoms with Crippen molar-refractivity contribution in [2.75, 3.05) is 6.61 Å². The molecule has 0 spiro atoms. The van der Waals surface area contributed by atoms with Gasteiger partial charge in [-0.05, 0) is 52.0 Å². The third kappa shape index (κ3) is 4.10. The highest BCUT2D eigenvalue weighted by Crippen LogP contribution is 2.18. The SMILES string of the molecule is CCOc1ccc(-n2nc(C(=O)OC(C)(C)C)cc2C#N)cc1. The van der Waals surface area contributed by atoms with Gasteiger partial charge in [0.25, 0.3) is 0 Å². The van der Waals surface area contributed by atoms with Crippen LogP contribution in [0.15, 0.2) is 30.3 Å². The quantitative estimate of drug-likeness (QED) is 0.811. The summed E-state index contributed by atoms with van der Waals surface area (Å²) in [7, 11) is 0. The molecular weight excluding hydrogens is 294 g/mol. The first-order valence-corrected chi connectivity index (χ1v) is 7.31. The first-order valence-electron chi connectivity index (χ1n) is 7.31. The second-order valence-electron chi connectivity index (χ2n) is 5.87. The van der Waals surface area contributed by atoms with Crippen LogP contribution in [0.4, 0.5) is 0 Å². The summed E-state index contributed by atoms with van der Waals surface area (Å²) in [5.74, 6) is 0.174. The number of nitrogens with zero attached hydrogens (tertiary/aromatic N) is 3. The van der Waals surface area contributed by atoms with Gasteiger partial charge in [0.2, 0.25) is 0 Å². The Morgan fingerprint density at radius 1 is 1.30 bits per heavy atom. The molecule has 0 saturated heterocycles. The normalized spacial score (nSPS) is 10.9. The third-order valence-corrected chi connectivity index (χ3v) is 2.82. The number of hydrogen-bond acceptors (Lipinski definition) is 5. The van der Waals surface area contributed by atoms with Crippen molar-refractivity contribution in [3.8, 4) is 17.5 Å². The summed E-state index contributed by atoms with van der Waals surface area (Å²) in [4.78, 5) is 12.1. The lowest BCUT2D eigenvalue weighted by Gasteiger charge is -2.18. The zero-order chi connectivity index (χ0) is 17.0. The first-order chi connectivity index (χ1) is 10.8. The van der Waals surface area contributed by atoms with Crippen LogP contribution in [-0.4, -0.2) is 28.0 Å². The second-order valence-corrected chi connectivity index (χ2v) is 5.87. The van der Waals surface area contributed by atoms with Crippen LogP contribution in [0.25, 0.3) is 5.69 Å².